The fraction of sp³-hybridized carbons (Fsp3) is 0.632. The van der Waals surface area contributed by atoms with Crippen LogP contribution in [0.25, 0.3) is 0 Å². The van der Waals surface area contributed by atoms with E-state index in [4.69, 9.17) is 16.3 Å². The predicted octanol–water partition coefficient (Wildman–Crippen LogP) is 3.05. The van der Waals surface area contributed by atoms with E-state index in [9.17, 15) is 13.2 Å². The van der Waals surface area contributed by atoms with Crippen molar-refractivity contribution in [2.45, 2.75) is 52.5 Å². The summed E-state index contributed by atoms with van der Waals surface area (Å²) in [5, 5.41) is 0.706. The van der Waals surface area contributed by atoms with Crippen molar-refractivity contribution in [2.24, 2.45) is 0 Å². The van der Waals surface area contributed by atoms with Gasteiger partial charge in [0.25, 0.3) is 5.91 Å². The van der Waals surface area contributed by atoms with Crippen molar-refractivity contribution >= 4 is 27.5 Å². The zero-order valence-corrected chi connectivity index (χ0v) is 17.8. The highest BCUT2D eigenvalue weighted by Crippen LogP contribution is 2.26. The van der Waals surface area contributed by atoms with Gasteiger partial charge in [-0.25, -0.2) is 13.1 Å². The highest BCUT2D eigenvalue weighted by molar-refractivity contribution is 7.89. The van der Waals surface area contributed by atoms with Crippen molar-refractivity contribution in [3.8, 4) is 5.75 Å². The molecule has 152 valence electrons. The summed E-state index contributed by atoms with van der Waals surface area (Å²) < 4.78 is 32.4. The smallest absolute Gasteiger partial charge is 0.260 e. The molecule has 2 rings (SSSR count). The largest absolute Gasteiger partial charge is 0.484 e. The number of carbonyl (C=O) groups excluding carboxylic acids is 1. The van der Waals surface area contributed by atoms with Crippen LogP contribution in [0, 0.1) is 13.8 Å². The maximum atomic E-state index is 12.4. The standard InChI is InChI=1S/C19H29ClN2O4S/c1-4-5-10-27(24,25)21-16-6-8-22(9-7-16)18(23)13-26-17-11-14(2)19(20)15(3)12-17/h11-12,16,21H,4-10,13H2,1-3H3. The molecule has 6 nitrogen and oxygen atoms in total. The average Bonchev–Trinajstić information content (AvgIpc) is 2.62. The summed E-state index contributed by atoms with van der Waals surface area (Å²) in [5.41, 5.74) is 1.82. The van der Waals surface area contributed by atoms with E-state index in [0.717, 1.165) is 17.5 Å². The molecule has 0 saturated carbocycles. The van der Waals surface area contributed by atoms with Gasteiger partial charge in [-0.05, 0) is 56.4 Å². The Labute approximate surface area is 167 Å². The van der Waals surface area contributed by atoms with Crippen molar-refractivity contribution in [1.82, 2.24) is 9.62 Å². The zero-order chi connectivity index (χ0) is 20.0. The Bertz CT molecular complexity index is 736. The monoisotopic (exact) mass is 416 g/mol. The third-order valence-electron chi connectivity index (χ3n) is 4.73. The number of nitrogens with one attached hydrogen (secondary N) is 1. The molecule has 1 N–H and O–H groups in total. The van der Waals surface area contributed by atoms with Gasteiger partial charge in [0.2, 0.25) is 10.0 Å². The first-order valence-electron chi connectivity index (χ1n) is 9.39. The van der Waals surface area contributed by atoms with Crippen LogP contribution in [0.1, 0.15) is 43.7 Å². The minimum Gasteiger partial charge on any atom is -0.484 e. The van der Waals surface area contributed by atoms with Crippen LogP contribution in [-0.2, 0) is 14.8 Å². The number of rotatable bonds is 8. The SMILES string of the molecule is CCCCS(=O)(=O)NC1CCN(C(=O)COc2cc(C)c(Cl)c(C)c2)CC1. The highest BCUT2D eigenvalue weighted by atomic mass is 35.5. The van der Waals surface area contributed by atoms with Crippen LogP contribution in [0.4, 0.5) is 0 Å². The van der Waals surface area contributed by atoms with Gasteiger partial charge in [-0.1, -0.05) is 24.9 Å². The minimum atomic E-state index is -3.23. The van der Waals surface area contributed by atoms with Crippen LogP contribution in [0.2, 0.25) is 5.02 Å². The molecule has 0 unspecified atom stereocenters. The van der Waals surface area contributed by atoms with Crippen molar-refractivity contribution in [2.75, 3.05) is 25.4 Å². The summed E-state index contributed by atoms with van der Waals surface area (Å²) in [4.78, 5) is 14.1. The minimum absolute atomic E-state index is 0.0343. The quantitative estimate of drug-likeness (QED) is 0.706. The number of aryl methyl sites for hydroxylation is 2. The molecular weight excluding hydrogens is 388 g/mol. The number of unbranched alkanes of at least 4 members (excludes halogenated alkanes) is 1. The van der Waals surface area contributed by atoms with E-state index in [1.807, 2.05) is 32.9 Å². The fourth-order valence-corrected chi connectivity index (χ4v) is 4.76. The molecule has 0 atom stereocenters. The summed E-state index contributed by atoms with van der Waals surface area (Å²) in [6.07, 6.45) is 2.75. The van der Waals surface area contributed by atoms with Gasteiger partial charge in [0.05, 0.1) is 5.75 Å². The molecule has 1 aliphatic rings. The van der Waals surface area contributed by atoms with E-state index in [-0.39, 0.29) is 24.3 Å². The Morgan fingerprint density at radius 2 is 1.85 bits per heavy atom. The fourth-order valence-electron chi connectivity index (χ4n) is 3.12. The second kappa shape index (κ2) is 9.75. The van der Waals surface area contributed by atoms with Crippen LogP contribution in [0.3, 0.4) is 0 Å². The number of benzene rings is 1. The van der Waals surface area contributed by atoms with Crippen LogP contribution >= 0.6 is 11.6 Å². The molecular formula is C19H29ClN2O4S. The number of hydrogen-bond acceptors (Lipinski definition) is 4. The number of carbonyl (C=O) groups is 1. The van der Waals surface area contributed by atoms with Crippen LogP contribution in [-0.4, -0.2) is 50.7 Å². The zero-order valence-electron chi connectivity index (χ0n) is 16.3. The molecule has 1 aromatic rings. The second-order valence-electron chi connectivity index (χ2n) is 7.11. The van der Waals surface area contributed by atoms with Crippen LogP contribution < -0.4 is 9.46 Å². The summed E-state index contributed by atoms with van der Waals surface area (Å²) >= 11 is 6.14. The van der Waals surface area contributed by atoms with Crippen LogP contribution in [0.5, 0.6) is 5.75 Å². The van der Waals surface area contributed by atoms with E-state index in [0.29, 0.717) is 43.1 Å². The second-order valence-corrected chi connectivity index (χ2v) is 9.36. The number of amides is 1. The maximum absolute atomic E-state index is 12.4. The Morgan fingerprint density at radius 1 is 1.26 bits per heavy atom. The number of ether oxygens (including phenoxy) is 1. The molecule has 1 aliphatic heterocycles. The lowest BCUT2D eigenvalue weighted by molar-refractivity contribution is -0.134. The molecule has 0 aromatic heterocycles. The summed E-state index contributed by atoms with van der Waals surface area (Å²) in [6.45, 7) is 6.79. The lowest BCUT2D eigenvalue weighted by Crippen LogP contribution is -2.48. The van der Waals surface area contributed by atoms with E-state index in [1.54, 1.807) is 4.90 Å². The first kappa shape index (κ1) is 22.0. The molecule has 0 bridgehead atoms. The van der Waals surface area contributed by atoms with Gasteiger partial charge < -0.3 is 9.64 Å². The number of likely N-dealkylation sites (tertiary alicyclic amines) is 1. The van der Waals surface area contributed by atoms with E-state index in [2.05, 4.69) is 4.72 Å². The van der Waals surface area contributed by atoms with Gasteiger partial charge in [-0.2, -0.15) is 0 Å². The third kappa shape index (κ3) is 6.66. The third-order valence-corrected chi connectivity index (χ3v) is 6.85. The van der Waals surface area contributed by atoms with Gasteiger partial charge in [0, 0.05) is 24.2 Å². The molecule has 1 fully saturated rings. The Balaban J connectivity index is 1.80. The van der Waals surface area contributed by atoms with E-state index in [1.165, 1.54) is 0 Å². The van der Waals surface area contributed by atoms with E-state index >= 15 is 0 Å². The predicted molar refractivity (Wildman–Crippen MR) is 108 cm³/mol. The van der Waals surface area contributed by atoms with Gasteiger partial charge in [-0.3, -0.25) is 4.79 Å². The average molecular weight is 417 g/mol. The van der Waals surface area contributed by atoms with E-state index < -0.39 is 10.0 Å². The molecule has 0 radical (unpaired) electrons. The molecule has 1 aromatic carbocycles. The van der Waals surface area contributed by atoms with Gasteiger partial charge in [0.15, 0.2) is 6.61 Å². The maximum Gasteiger partial charge on any atom is 0.260 e. The van der Waals surface area contributed by atoms with Crippen molar-refractivity contribution in [1.29, 1.82) is 0 Å². The number of hydrogen-bond donors (Lipinski definition) is 1. The number of halogens is 1. The Hall–Kier alpha value is -1.31. The lowest BCUT2D eigenvalue weighted by Gasteiger charge is -2.32. The summed E-state index contributed by atoms with van der Waals surface area (Å²) in [7, 11) is -3.23. The van der Waals surface area contributed by atoms with Crippen molar-refractivity contribution in [3.05, 3.63) is 28.3 Å². The molecule has 0 aliphatic carbocycles. The van der Waals surface area contributed by atoms with Gasteiger partial charge >= 0.3 is 0 Å². The Kier molecular flexibility index (Phi) is 7.94. The molecule has 1 saturated heterocycles. The number of nitrogens with zero attached hydrogens (tertiary/aromatic N) is 1. The number of sulfonamides is 1. The highest BCUT2D eigenvalue weighted by Gasteiger charge is 2.25. The molecule has 0 spiro atoms. The summed E-state index contributed by atoms with van der Waals surface area (Å²) in [6, 6.07) is 3.54. The molecule has 1 amide bonds. The normalized spacial score (nSPS) is 15.8. The molecule has 1 heterocycles. The van der Waals surface area contributed by atoms with Crippen LogP contribution in [0.15, 0.2) is 12.1 Å². The van der Waals surface area contributed by atoms with Gasteiger partial charge in [0.1, 0.15) is 5.75 Å². The topological polar surface area (TPSA) is 75.7 Å². The van der Waals surface area contributed by atoms with Crippen molar-refractivity contribution < 1.29 is 17.9 Å². The first-order chi connectivity index (χ1) is 12.7. The number of piperidine rings is 1. The van der Waals surface area contributed by atoms with Crippen molar-refractivity contribution in [3.63, 3.8) is 0 Å². The molecule has 8 heteroatoms. The van der Waals surface area contributed by atoms with Gasteiger partial charge in [-0.15, -0.1) is 0 Å². The Morgan fingerprint density at radius 3 is 2.41 bits per heavy atom. The summed E-state index contributed by atoms with van der Waals surface area (Å²) in [5.74, 6) is 0.699. The molecule has 27 heavy (non-hydrogen) atoms. The lowest BCUT2D eigenvalue weighted by atomic mass is 10.1. The first-order valence-corrected chi connectivity index (χ1v) is 11.4.